The van der Waals surface area contributed by atoms with Gasteiger partial charge in [-0.1, -0.05) is 129 Å². The Kier molecular flexibility index (Phi) is 4.96. The van der Waals surface area contributed by atoms with Crippen LogP contribution < -0.4 is 0 Å². The van der Waals surface area contributed by atoms with Crippen LogP contribution in [0, 0.1) is 0 Å². The maximum Gasteiger partial charge on any atom is 0.0159 e. The highest BCUT2D eigenvalue weighted by molar-refractivity contribution is 5.83. The van der Waals surface area contributed by atoms with E-state index in [0.717, 1.165) is 6.42 Å². The largest absolute Gasteiger partial charge is 0.0622 e. The molecular formula is C34H28. The van der Waals surface area contributed by atoms with Crippen molar-refractivity contribution in [2.24, 2.45) is 0 Å². The van der Waals surface area contributed by atoms with E-state index in [0.29, 0.717) is 0 Å². The lowest BCUT2D eigenvalue weighted by atomic mass is 9.81. The highest BCUT2D eigenvalue weighted by atomic mass is 14.4. The molecule has 1 aliphatic rings. The van der Waals surface area contributed by atoms with Crippen LogP contribution in [-0.2, 0) is 11.8 Å². The van der Waals surface area contributed by atoms with Gasteiger partial charge in [0.05, 0.1) is 0 Å². The molecule has 1 aliphatic carbocycles. The lowest BCUT2D eigenvalue weighted by Gasteiger charge is -2.22. The molecule has 0 radical (unpaired) electrons. The number of hydrogen-bond acceptors (Lipinski definition) is 0. The van der Waals surface area contributed by atoms with Crippen molar-refractivity contribution in [2.75, 3.05) is 0 Å². The number of hydrogen-bond donors (Lipinski definition) is 0. The van der Waals surface area contributed by atoms with Crippen molar-refractivity contribution in [1.29, 1.82) is 0 Å². The molecule has 0 amide bonds. The fourth-order valence-electron chi connectivity index (χ4n) is 5.38. The predicted molar refractivity (Wildman–Crippen MR) is 144 cm³/mol. The Bertz CT molecular complexity index is 1450. The lowest BCUT2D eigenvalue weighted by molar-refractivity contribution is 0.660. The molecule has 34 heavy (non-hydrogen) atoms. The van der Waals surface area contributed by atoms with Crippen molar-refractivity contribution < 1.29 is 0 Å². The summed E-state index contributed by atoms with van der Waals surface area (Å²) in [5.41, 5.74) is 13.4. The van der Waals surface area contributed by atoms with Crippen LogP contribution in [0.1, 0.15) is 36.1 Å². The minimum Gasteiger partial charge on any atom is -0.0622 e. The van der Waals surface area contributed by atoms with Crippen LogP contribution in [0.25, 0.3) is 33.4 Å². The SMILES string of the molecule is CC1(C)c2ccccc2-c2ccc(-c3ccc(Cc4ccc(-c5ccccc5)cc4)cc3)cc21. The van der Waals surface area contributed by atoms with Crippen molar-refractivity contribution in [1.82, 2.24) is 0 Å². The Labute approximate surface area is 202 Å². The van der Waals surface area contributed by atoms with Crippen LogP contribution in [-0.4, -0.2) is 0 Å². The van der Waals surface area contributed by atoms with Crippen molar-refractivity contribution >= 4 is 0 Å². The van der Waals surface area contributed by atoms with Gasteiger partial charge < -0.3 is 0 Å². The molecule has 0 heteroatoms. The average molecular weight is 437 g/mol. The van der Waals surface area contributed by atoms with Gasteiger partial charge in [0.15, 0.2) is 0 Å². The summed E-state index contributed by atoms with van der Waals surface area (Å²) < 4.78 is 0. The highest BCUT2D eigenvalue weighted by Gasteiger charge is 2.35. The van der Waals surface area contributed by atoms with Crippen LogP contribution >= 0.6 is 0 Å². The zero-order chi connectivity index (χ0) is 23.1. The Morgan fingerprint density at radius 2 is 0.941 bits per heavy atom. The van der Waals surface area contributed by atoms with Gasteiger partial charge in [-0.2, -0.15) is 0 Å². The molecule has 0 spiro atoms. The van der Waals surface area contributed by atoms with E-state index in [4.69, 9.17) is 0 Å². The number of benzene rings is 5. The van der Waals surface area contributed by atoms with Crippen LogP contribution in [0.5, 0.6) is 0 Å². The van der Waals surface area contributed by atoms with Crippen LogP contribution in [0.15, 0.2) is 121 Å². The summed E-state index contributed by atoms with van der Waals surface area (Å²) in [5.74, 6) is 0. The molecule has 0 unspecified atom stereocenters. The summed E-state index contributed by atoms with van der Waals surface area (Å²) in [7, 11) is 0. The standard InChI is InChI=1S/C34H28/c1-34(2)32-11-7-6-10-30(32)31-21-20-29(23-33(31)34)28-18-14-25(15-19-28)22-24-12-16-27(17-13-24)26-8-4-3-5-9-26/h3-21,23H,22H2,1-2H3. The Balaban J connectivity index is 1.23. The molecule has 5 aromatic rings. The summed E-state index contributed by atoms with van der Waals surface area (Å²) in [6, 6.07) is 44.4. The topological polar surface area (TPSA) is 0 Å². The summed E-state index contributed by atoms with van der Waals surface area (Å²) >= 11 is 0. The van der Waals surface area contributed by atoms with Gasteiger partial charge in [0.2, 0.25) is 0 Å². The first-order chi connectivity index (χ1) is 16.6. The Morgan fingerprint density at radius 3 is 1.62 bits per heavy atom. The van der Waals surface area contributed by atoms with E-state index in [1.807, 2.05) is 0 Å². The molecule has 0 saturated carbocycles. The molecule has 0 N–H and O–H groups in total. The molecule has 0 nitrogen and oxygen atoms in total. The zero-order valence-corrected chi connectivity index (χ0v) is 19.8. The minimum absolute atomic E-state index is 0.0355. The molecule has 0 aromatic heterocycles. The summed E-state index contributed by atoms with van der Waals surface area (Å²) in [4.78, 5) is 0. The molecule has 0 heterocycles. The van der Waals surface area contributed by atoms with Crippen molar-refractivity contribution in [2.45, 2.75) is 25.7 Å². The maximum absolute atomic E-state index is 2.40. The second-order valence-electron chi connectivity index (χ2n) is 9.87. The van der Waals surface area contributed by atoms with Crippen molar-refractivity contribution in [3.05, 3.63) is 144 Å². The molecule has 6 rings (SSSR count). The maximum atomic E-state index is 2.40. The first-order valence-electron chi connectivity index (χ1n) is 12.1. The minimum atomic E-state index is 0.0355. The molecule has 0 atom stereocenters. The highest BCUT2D eigenvalue weighted by Crippen LogP contribution is 2.49. The molecule has 0 bridgehead atoms. The quantitative estimate of drug-likeness (QED) is 0.264. The first kappa shape index (κ1) is 20.7. The number of fused-ring (bicyclic) bond motifs is 3. The smallest absolute Gasteiger partial charge is 0.0159 e. The average Bonchev–Trinajstić information content (AvgIpc) is 3.12. The van der Waals surface area contributed by atoms with Gasteiger partial charge in [-0.15, -0.1) is 0 Å². The lowest BCUT2D eigenvalue weighted by Crippen LogP contribution is -2.14. The normalized spacial score (nSPS) is 13.4. The number of rotatable bonds is 4. The van der Waals surface area contributed by atoms with Crippen LogP contribution in [0.4, 0.5) is 0 Å². The van der Waals surface area contributed by atoms with Crippen molar-refractivity contribution in [3.63, 3.8) is 0 Å². The van der Waals surface area contributed by atoms with Gasteiger partial charge in [0.25, 0.3) is 0 Å². The molecule has 0 saturated heterocycles. The van der Waals surface area contributed by atoms with E-state index in [9.17, 15) is 0 Å². The van der Waals surface area contributed by atoms with Crippen LogP contribution in [0.3, 0.4) is 0 Å². The zero-order valence-electron chi connectivity index (χ0n) is 19.8. The van der Waals surface area contributed by atoms with Crippen LogP contribution in [0.2, 0.25) is 0 Å². The van der Waals surface area contributed by atoms with Gasteiger partial charge in [0, 0.05) is 5.41 Å². The van der Waals surface area contributed by atoms with E-state index in [-0.39, 0.29) is 5.41 Å². The molecule has 5 aromatic carbocycles. The third kappa shape index (κ3) is 3.56. The predicted octanol–water partition coefficient (Wildman–Crippen LogP) is 8.92. The van der Waals surface area contributed by atoms with E-state index in [1.54, 1.807) is 0 Å². The van der Waals surface area contributed by atoms with Gasteiger partial charge >= 0.3 is 0 Å². The summed E-state index contributed by atoms with van der Waals surface area (Å²) in [6.45, 7) is 4.68. The van der Waals surface area contributed by atoms with E-state index in [1.165, 1.54) is 55.6 Å². The molecular weight excluding hydrogens is 408 g/mol. The molecule has 0 aliphatic heterocycles. The van der Waals surface area contributed by atoms with E-state index < -0.39 is 0 Å². The molecule has 0 fully saturated rings. The summed E-state index contributed by atoms with van der Waals surface area (Å²) in [5, 5.41) is 0. The van der Waals surface area contributed by atoms with E-state index >= 15 is 0 Å². The Morgan fingerprint density at radius 1 is 0.441 bits per heavy atom. The third-order valence-electron chi connectivity index (χ3n) is 7.34. The fraction of sp³-hybridized carbons (Fsp3) is 0.118. The second-order valence-corrected chi connectivity index (χ2v) is 9.87. The van der Waals surface area contributed by atoms with Crippen molar-refractivity contribution in [3.8, 4) is 33.4 Å². The second kappa shape index (κ2) is 8.15. The van der Waals surface area contributed by atoms with Gasteiger partial charge in [-0.05, 0) is 68.1 Å². The van der Waals surface area contributed by atoms with Gasteiger partial charge in [-0.25, -0.2) is 0 Å². The third-order valence-corrected chi connectivity index (χ3v) is 7.34. The first-order valence-corrected chi connectivity index (χ1v) is 12.1. The van der Waals surface area contributed by atoms with E-state index in [2.05, 4.69) is 135 Å². The fourth-order valence-corrected chi connectivity index (χ4v) is 5.38. The van der Waals surface area contributed by atoms with Gasteiger partial charge in [-0.3, -0.25) is 0 Å². The monoisotopic (exact) mass is 436 g/mol. The Hall–Kier alpha value is -3.90. The summed E-state index contributed by atoms with van der Waals surface area (Å²) in [6.07, 6.45) is 0.946. The van der Waals surface area contributed by atoms with Gasteiger partial charge in [0.1, 0.15) is 0 Å². The molecule has 164 valence electrons.